The van der Waals surface area contributed by atoms with Crippen molar-refractivity contribution in [3.05, 3.63) is 34.3 Å². The molecule has 0 saturated heterocycles. The average Bonchev–Trinajstić information content (AvgIpc) is 2.15. The molecule has 0 fully saturated rings. The van der Waals surface area contributed by atoms with Gasteiger partial charge in [-0.1, -0.05) is 18.2 Å². The fourth-order valence-electron chi connectivity index (χ4n) is 0.974. The van der Waals surface area contributed by atoms with Crippen LogP contribution >= 0.6 is 27.5 Å². The van der Waals surface area contributed by atoms with Crippen molar-refractivity contribution in [1.29, 1.82) is 0 Å². The van der Waals surface area contributed by atoms with E-state index >= 15 is 0 Å². The zero-order valence-electron chi connectivity index (χ0n) is 7.81. The largest absolute Gasteiger partial charge is 0.496 e. The van der Waals surface area contributed by atoms with Crippen molar-refractivity contribution in [3.8, 4) is 5.75 Å². The topological polar surface area (TPSA) is 21.3 Å². The number of nitrogens with one attached hydrogen (secondary N) is 1. The fourth-order valence-corrected chi connectivity index (χ4v) is 1.58. The van der Waals surface area contributed by atoms with E-state index in [0.29, 0.717) is 11.6 Å². The molecule has 0 heterocycles. The van der Waals surface area contributed by atoms with Crippen LogP contribution in [0.5, 0.6) is 5.75 Å². The maximum atomic E-state index is 5.63. The summed E-state index contributed by atoms with van der Waals surface area (Å²) in [5, 5.41) is 3.70. The highest BCUT2D eigenvalue weighted by molar-refractivity contribution is 9.10. The predicted octanol–water partition coefficient (Wildman–Crippen LogP) is 3.62. The van der Waals surface area contributed by atoms with Crippen LogP contribution in [-0.4, -0.2) is 13.7 Å². The second kappa shape index (κ2) is 5.27. The van der Waals surface area contributed by atoms with Crippen molar-refractivity contribution >= 4 is 33.2 Å². The van der Waals surface area contributed by atoms with Crippen molar-refractivity contribution in [2.24, 2.45) is 0 Å². The van der Waals surface area contributed by atoms with Crippen LogP contribution in [0, 0.1) is 0 Å². The summed E-state index contributed by atoms with van der Waals surface area (Å²) in [5.74, 6) is 0.806. The molecule has 0 aliphatic heterocycles. The molecule has 0 amide bonds. The lowest BCUT2D eigenvalue weighted by Crippen LogP contribution is -2.00. The Morgan fingerprint density at radius 2 is 2.36 bits per heavy atom. The number of hydrogen-bond acceptors (Lipinski definition) is 2. The zero-order valence-corrected chi connectivity index (χ0v) is 10.2. The van der Waals surface area contributed by atoms with E-state index in [0.717, 1.165) is 15.9 Å². The van der Waals surface area contributed by atoms with Crippen LogP contribution in [0.1, 0.15) is 0 Å². The minimum atomic E-state index is 0.556. The Balaban J connectivity index is 2.71. The minimum Gasteiger partial charge on any atom is -0.496 e. The first kappa shape index (κ1) is 11.4. The first-order valence-electron chi connectivity index (χ1n) is 4.04. The summed E-state index contributed by atoms with van der Waals surface area (Å²) >= 11 is 9.03. The van der Waals surface area contributed by atoms with Crippen LogP contribution in [0.15, 0.2) is 34.3 Å². The molecule has 0 spiro atoms. The van der Waals surface area contributed by atoms with Crippen molar-refractivity contribution in [1.82, 2.24) is 0 Å². The lowest BCUT2D eigenvalue weighted by Gasteiger charge is -2.08. The molecule has 0 atom stereocenters. The average molecular weight is 277 g/mol. The Morgan fingerprint density at radius 3 is 2.86 bits per heavy atom. The van der Waals surface area contributed by atoms with Gasteiger partial charge in [-0.2, -0.15) is 0 Å². The zero-order chi connectivity index (χ0) is 10.6. The molecule has 0 aliphatic rings. The van der Waals surface area contributed by atoms with Crippen LogP contribution in [0.2, 0.25) is 0 Å². The van der Waals surface area contributed by atoms with Crippen molar-refractivity contribution in [2.75, 3.05) is 19.0 Å². The van der Waals surface area contributed by atoms with Gasteiger partial charge in [-0.3, -0.25) is 0 Å². The van der Waals surface area contributed by atoms with Gasteiger partial charge in [0.1, 0.15) is 5.75 Å². The maximum absolute atomic E-state index is 5.63. The molecular formula is C10H11BrClNO. The molecule has 1 rings (SSSR count). The molecular weight excluding hydrogens is 265 g/mol. The van der Waals surface area contributed by atoms with Gasteiger partial charge in [-0.15, -0.1) is 0 Å². The normalized spacial score (nSPS) is 9.64. The highest BCUT2D eigenvalue weighted by Crippen LogP contribution is 2.27. The van der Waals surface area contributed by atoms with E-state index in [1.807, 2.05) is 18.2 Å². The number of rotatable bonds is 4. The monoisotopic (exact) mass is 275 g/mol. The smallest absolute Gasteiger partial charge is 0.133 e. The van der Waals surface area contributed by atoms with Gasteiger partial charge in [0.05, 0.1) is 18.1 Å². The molecule has 4 heteroatoms. The molecule has 1 aromatic rings. The number of ether oxygens (including phenoxy) is 1. The Bertz CT molecular complexity index is 341. The fraction of sp³-hybridized carbons (Fsp3) is 0.200. The second-order valence-electron chi connectivity index (χ2n) is 2.72. The highest BCUT2D eigenvalue weighted by atomic mass is 79.9. The lowest BCUT2D eigenvalue weighted by atomic mass is 10.3. The van der Waals surface area contributed by atoms with Crippen LogP contribution in [-0.2, 0) is 0 Å². The third-order valence-electron chi connectivity index (χ3n) is 1.64. The number of anilines is 1. The van der Waals surface area contributed by atoms with Gasteiger partial charge in [-0.25, -0.2) is 0 Å². The van der Waals surface area contributed by atoms with Crippen molar-refractivity contribution in [3.63, 3.8) is 0 Å². The van der Waals surface area contributed by atoms with Crippen molar-refractivity contribution < 1.29 is 4.74 Å². The number of benzene rings is 1. The third-order valence-corrected chi connectivity index (χ3v) is 2.39. The number of halogens is 2. The first-order chi connectivity index (χ1) is 6.63. The van der Waals surface area contributed by atoms with E-state index in [-0.39, 0.29) is 0 Å². The molecule has 0 aromatic heterocycles. The summed E-state index contributed by atoms with van der Waals surface area (Å²) in [7, 11) is 1.63. The molecule has 14 heavy (non-hydrogen) atoms. The van der Waals surface area contributed by atoms with Crippen LogP contribution in [0.4, 0.5) is 5.69 Å². The van der Waals surface area contributed by atoms with Gasteiger partial charge in [0, 0.05) is 10.7 Å². The summed E-state index contributed by atoms with van der Waals surface area (Å²) in [6, 6.07) is 5.73. The standard InChI is InChI=1S/C10H11BrClNO/c1-7(12)6-13-8-3-4-10(14-2)9(11)5-8/h3-5,13H,1,6H2,2H3. The van der Waals surface area contributed by atoms with Gasteiger partial charge in [0.2, 0.25) is 0 Å². The quantitative estimate of drug-likeness (QED) is 0.907. The highest BCUT2D eigenvalue weighted by Gasteiger charge is 2.00. The molecule has 76 valence electrons. The molecule has 1 aromatic carbocycles. The Kier molecular flexibility index (Phi) is 4.29. The Hall–Kier alpha value is -0.670. The SMILES string of the molecule is C=C(Cl)CNc1ccc(OC)c(Br)c1. The maximum Gasteiger partial charge on any atom is 0.133 e. The minimum absolute atomic E-state index is 0.556. The Morgan fingerprint density at radius 1 is 1.64 bits per heavy atom. The second-order valence-corrected chi connectivity index (χ2v) is 4.11. The van der Waals surface area contributed by atoms with Gasteiger partial charge >= 0.3 is 0 Å². The van der Waals surface area contributed by atoms with Crippen molar-refractivity contribution in [2.45, 2.75) is 0 Å². The summed E-state index contributed by atoms with van der Waals surface area (Å²) in [6.45, 7) is 4.15. The summed E-state index contributed by atoms with van der Waals surface area (Å²) < 4.78 is 6.01. The summed E-state index contributed by atoms with van der Waals surface area (Å²) in [6.07, 6.45) is 0. The van der Waals surface area contributed by atoms with E-state index in [4.69, 9.17) is 16.3 Å². The molecule has 0 unspecified atom stereocenters. The van der Waals surface area contributed by atoms with Crippen LogP contribution in [0.3, 0.4) is 0 Å². The predicted molar refractivity (Wildman–Crippen MR) is 64.2 cm³/mol. The molecule has 0 radical (unpaired) electrons. The molecule has 2 nitrogen and oxygen atoms in total. The van der Waals surface area contributed by atoms with E-state index in [9.17, 15) is 0 Å². The molecule has 1 N–H and O–H groups in total. The van der Waals surface area contributed by atoms with Gasteiger partial charge in [0.25, 0.3) is 0 Å². The van der Waals surface area contributed by atoms with Crippen LogP contribution < -0.4 is 10.1 Å². The first-order valence-corrected chi connectivity index (χ1v) is 5.21. The van der Waals surface area contributed by atoms with E-state index in [1.165, 1.54) is 0 Å². The lowest BCUT2D eigenvalue weighted by molar-refractivity contribution is 0.412. The Labute approximate surface area is 97.0 Å². The van der Waals surface area contributed by atoms with E-state index < -0.39 is 0 Å². The van der Waals surface area contributed by atoms with Gasteiger partial charge in [0.15, 0.2) is 0 Å². The van der Waals surface area contributed by atoms with E-state index in [2.05, 4.69) is 27.8 Å². The molecule has 0 saturated carbocycles. The van der Waals surface area contributed by atoms with Crippen LogP contribution in [0.25, 0.3) is 0 Å². The summed E-state index contributed by atoms with van der Waals surface area (Å²) in [4.78, 5) is 0. The van der Waals surface area contributed by atoms with Gasteiger partial charge in [-0.05, 0) is 34.1 Å². The third kappa shape index (κ3) is 3.24. The number of methoxy groups -OCH3 is 1. The summed E-state index contributed by atoms with van der Waals surface area (Å²) in [5.41, 5.74) is 0.972. The van der Waals surface area contributed by atoms with Gasteiger partial charge < -0.3 is 10.1 Å². The van der Waals surface area contributed by atoms with E-state index in [1.54, 1.807) is 7.11 Å². The molecule has 0 bridgehead atoms. The number of hydrogen-bond donors (Lipinski definition) is 1. The molecule has 0 aliphatic carbocycles.